The van der Waals surface area contributed by atoms with Gasteiger partial charge in [0.25, 0.3) is 0 Å². The summed E-state index contributed by atoms with van der Waals surface area (Å²) in [5, 5.41) is 17.2. The molecule has 0 spiro atoms. The first-order chi connectivity index (χ1) is 23.2. The third-order valence-corrected chi connectivity index (χ3v) is 9.38. The van der Waals surface area contributed by atoms with Crippen LogP contribution in [0.4, 0.5) is 26.3 Å². The van der Waals surface area contributed by atoms with Gasteiger partial charge in [-0.3, -0.25) is 9.69 Å². The molecule has 0 aromatic heterocycles. The quantitative estimate of drug-likeness (QED) is 0.200. The van der Waals surface area contributed by atoms with Gasteiger partial charge < -0.3 is 34.8 Å². The molecule has 0 atom stereocenters. The first-order valence-corrected chi connectivity index (χ1v) is 17.3. The number of methoxy groups -OCH3 is 1. The Balaban J connectivity index is 0.000000748. The van der Waals surface area contributed by atoms with E-state index in [1.807, 2.05) is 4.90 Å². The number of aliphatic carboxylic acids is 2. The van der Waals surface area contributed by atoms with E-state index in [0.29, 0.717) is 28.3 Å². The van der Waals surface area contributed by atoms with Crippen molar-refractivity contribution in [3.05, 3.63) is 23.3 Å². The summed E-state index contributed by atoms with van der Waals surface area (Å²) in [6.07, 6.45) is -4.93. The number of aryl methyl sites for hydroxylation is 2. The number of ether oxygens (including phenoxy) is 2. The molecule has 3 N–H and O–H groups in total. The highest BCUT2D eigenvalue weighted by atomic mass is 32.2. The van der Waals surface area contributed by atoms with E-state index in [-0.39, 0.29) is 25.0 Å². The average molecular weight is 753 g/mol. The lowest BCUT2D eigenvalue weighted by Crippen LogP contribution is -2.50. The van der Waals surface area contributed by atoms with Crippen molar-refractivity contribution in [1.82, 2.24) is 20.0 Å². The van der Waals surface area contributed by atoms with E-state index in [4.69, 9.17) is 29.3 Å². The van der Waals surface area contributed by atoms with E-state index in [1.165, 1.54) is 45.3 Å². The number of benzene rings is 1. The van der Waals surface area contributed by atoms with Gasteiger partial charge in [-0.2, -0.15) is 26.3 Å². The molecular weight excluding hydrogens is 706 g/mol. The van der Waals surface area contributed by atoms with Gasteiger partial charge in [0.15, 0.2) is 9.84 Å². The van der Waals surface area contributed by atoms with Crippen LogP contribution in [0.1, 0.15) is 36.8 Å². The topological polar surface area (TPSA) is 166 Å². The number of nitrogens with one attached hydrogen (secondary N) is 1. The van der Waals surface area contributed by atoms with Crippen LogP contribution in [0.15, 0.2) is 17.0 Å². The molecule has 50 heavy (non-hydrogen) atoms. The monoisotopic (exact) mass is 752 g/mol. The third kappa shape index (κ3) is 17.1. The third-order valence-electron chi connectivity index (χ3n) is 7.53. The van der Waals surface area contributed by atoms with Crippen LogP contribution in [-0.4, -0.2) is 149 Å². The lowest BCUT2D eigenvalue weighted by Gasteiger charge is -2.35. The van der Waals surface area contributed by atoms with Gasteiger partial charge in [-0.15, -0.1) is 0 Å². The number of nitrogens with zero attached hydrogens (tertiary/aromatic N) is 3. The molecule has 0 unspecified atom stereocenters. The Morgan fingerprint density at radius 1 is 0.820 bits per heavy atom. The predicted octanol–water partition coefficient (Wildman–Crippen LogP) is 2.94. The van der Waals surface area contributed by atoms with Crippen molar-refractivity contribution in [3.8, 4) is 5.75 Å². The number of carbonyl (C=O) groups excluding carboxylic acids is 1. The molecule has 2 heterocycles. The Labute approximate surface area is 287 Å². The van der Waals surface area contributed by atoms with E-state index in [0.717, 1.165) is 32.7 Å². The van der Waals surface area contributed by atoms with Crippen LogP contribution in [0.25, 0.3) is 0 Å². The zero-order chi connectivity index (χ0) is 38.1. The fraction of sp³-hybridized carbons (Fsp3) is 0.700. The lowest BCUT2D eigenvalue weighted by molar-refractivity contribution is -0.193. The molecule has 1 aromatic carbocycles. The zero-order valence-corrected chi connectivity index (χ0v) is 29.1. The summed E-state index contributed by atoms with van der Waals surface area (Å²) in [5.41, 5.74) is 1.33. The summed E-state index contributed by atoms with van der Waals surface area (Å²) in [6, 6.07) is 3.45. The maximum atomic E-state index is 12.8. The summed E-state index contributed by atoms with van der Waals surface area (Å²) in [6.45, 7) is 12.3. The normalized spacial score (nSPS) is 16.1. The molecule has 0 radical (unpaired) electrons. The zero-order valence-electron chi connectivity index (χ0n) is 28.2. The van der Waals surface area contributed by atoms with E-state index < -0.39 is 34.1 Å². The average Bonchev–Trinajstić information content (AvgIpc) is 3.02. The van der Waals surface area contributed by atoms with Gasteiger partial charge in [-0.1, -0.05) is 6.42 Å². The second kappa shape index (κ2) is 21.2. The molecule has 288 valence electrons. The fourth-order valence-corrected chi connectivity index (χ4v) is 6.77. The molecule has 2 aliphatic rings. The Kier molecular flexibility index (Phi) is 19.0. The number of piperidine rings is 1. The van der Waals surface area contributed by atoms with Gasteiger partial charge in [0.05, 0.1) is 18.6 Å². The fourth-order valence-electron chi connectivity index (χ4n) is 5.11. The summed E-state index contributed by atoms with van der Waals surface area (Å²) in [5.74, 6) is -5.05. The first kappa shape index (κ1) is 44.8. The van der Waals surface area contributed by atoms with Gasteiger partial charge in [0.1, 0.15) is 18.2 Å². The Morgan fingerprint density at radius 3 is 1.72 bits per heavy atom. The summed E-state index contributed by atoms with van der Waals surface area (Å²) in [4.78, 5) is 37.5. The van der Waals surface area contributed by atoms with Crippen molar-refractivity contribution < 1.29 is 68.8 Å². The van der Waals surface area contributed by atoms with Crippen LogP contribution in [0.3, 0.4) is 0 Å². The maximum absolute atomic E-state index is 12.8. The smallest absolute Gasteiger partial charge is 0.490 e. The molecule has 2 saturated heterocycles. The molecule has 13 nitrogen and oxygen atoms in total. The van der Waals surface area contributed by atoms with Crippen molar-refractivity contribution in [2.24, 2.45) is 0 Å². The number of halogens is 6. The molecule has 0 aliphatic carbocycles. The molecule has 20 heteroatoms. The van der Waals surface area contributed by atoms with Gasteiger partial charge in [-0.05, 0) is 82.5 Å². The summed E-state index contributed by atoms with van der Waals surface area (Å²) < 4.78 is 99.8. The molecule has 0 saturated carbocycles. The number of likely N-dealkylation sites (tertiary alicyclic amines) is 1. The minimum absolute atomic E-state index is 0.0000655. The molecule has 3 rings (SSSR count). The second-order valence-corrected chi connectivity index (χ2v) is 13.4. The second-order valence-electron chi connectivity index (χ2n) is 11.5. The predicted molar refractivity (Wildman–Crippen MR) is 169 cm³/mol. The van der Waals surface area contributed by atoms with Crippen molar-refractivity contribution in [2.45, 2.75) is 56.8 Å². The standard InChI is InChI=1S/C26H44N4O5S.2C2HF3O2/c1-22-18-24(34-3)19-23(2)26(22)36(32,33)21-27-8-17-35-20-25(31)30-15-13-29(14-16-30)12-7-11-28-9-5-4-6-10-28;2*3-2(4,5)1(6)7/h18-19,27H,4-17,20-21H2,1-3H3;2*(H,6,7). The summed E-state index contributed by atoms with van der Waals surface area (Å²) >= 11 is 0. The Hall–Kier alpha value is -3.20. The van der Waals surface area contributed by atoms with Crippen LogP contribution in [0.5, 0.6) is 5.75 Å². The molecule has 1 aromatic rings. The Bertz CT molecular complexity index is 1290. The molecule has 2 fully saturated rings. The molecule has 1 amide bonds. The van der Waals surface area contributed by atoms with Crippen molar-refractivity contribution in [3.63, 3.8) is 0 Å². The van der Waals surface area contributed by atoms with Crippen LogP contribution >= 0.6 is 0 Å². The highest BCUT2D eigenvalue weighted by Crippen LogP contribution is 2.26. The number of rotatable bonds is 13. The van der Waals surface area contributed by atoms with Gasteiger partial charge in [0.2, 0.25) is 5.91 Å². The van der Waals surface area contributed by atoms with E-state index in [2.05, 4.69) is 15.1 Å². The van der Waals surface area contributed by atoms with E-state index >= 15 is 0 Å². The van der Waals surface area contributed by atoms with Gasteiger partial charge in [-0.25, -0.2) is 18.0 Å². The number of hydrogen-bond donors (Lipinski definition) is 3. The molecule has 2 aliphatic heterocycles. The SMILES string of the molecule is COc1cc(C)c(S(=O)(=O)CNCCOCC(=O)N2CCN(CCCN3CCCCC3)CC2)c(C)c1.O=C(O)C(F)(F)F.O=C(O)C(F)(F)F. The van der Waals surface area contributed by atoms with Gasteiger partial charge in [0, 0.05) is 32.7 Å². The number of piperazine rings is 1. The number of carboxylic acids is 2. The van der Waals surface area contributed by atoms with Crippen molar-refractivity contribution >= 4 is 27.7 Å². The Morgan fingerprint density at radius 2 is 1.28 bits per heavy atom. The number of carbonyl (C=O) groups is 3. The number of alkyl halides is 6. The summed E-state index contributed by atoms with van der Waals surface area (Å²) in [7, 11) is -1.93. The van der Waals surface area contributed by atoms with Gasteiger partial charge >= 0.3 is 24.3 Å². The van der Waals surface area contributed by atoms with Crippen molar-refractivity contribution in [2.75, 3.05) is 85.1 Å². The minimum Gasteiger partial charge on any atom is -0.497 e. The highest BCUT2D eigenvalue weighted by molar-refractivity contribution is 7.91. The lowest BCUT2D eigenvalue weighted by atomic mass is 10.1. The highest BCUT2D eigenvalue weighted by Gasteiger charge is 2.39. The van der Waals surface area contributed by atoms with E-state index in [1.54, 1.807) is 33.1 Å². The molecular formula is C30H46F6N4O9S. The van der Waals surface area contributed by atoms with Crippen LogP contribution in [-0.2, 0) is 29.0 Å². The van der Waals surface area contributed by atoms with Crippen molar-refractivity contribution in [1.29, 1.82) is 0 Å². The number of carboxylic acid groups (broad SMARTS) is 2. The van der Waals surface area contributed by atoms with E-state index in [9.17, 15) is 39.6 Å². The minimum atomic E-state index is -5.08. The molecule has 0 bridgehead atoms. The number of hydrogen-bond acceptors (Lipinski definition) is 10. The first-order valence-electron chi connectivity index (χ1n) is 15.7. The van der Waals surface area contributed by atoms with Crippen LogP contribution in [0.2, 0.25) is 0 Å². The number of amides is 1. The van der Waals surface area contributed by atoms with Crippen LogP contribution < -0.4 is 10.1 Å². The largest absolute Gasteiger partial charge is 0.497 e. The van der Waals surface area contributed by atoms with Crippen LogP contribution in [0, 0.1) is 13.8 Å². The maximum Gasteiger partial charge on any atom is 0.490 e. The number of sulfone groups is 1.